The first-order chi connectivity index (χ1) is 17.4. The largest absolute Gasteiger partial charge is 0.508 e. The number of aliphatic hydroxyl groups is 3. The van der Waals surface area contributed by atoms with Crippen molar-refractivity contribution < 1.29 is 39.2 Å². The number of primary amides is 1. The standard InChI is InChI=1S/C25H25FN4O7/c1-29(2)19-13-6-10-5-12-16(14(31)7-11(18(12)26)8-30-4-3-28-9-30)20(32)15(10)22(34)25(13,37)23(35)17(21(19)33)24(27)36/h3-4,7,9-10,13,19,31-32,35,37H,5-6,8H2,1-2H3,(H2,27,36)/t10-,13-,19-,25-/m0/s1. The van der Waals surface area contributed by atoms with E-state index in [-0.39, 0.29) is 41.6 Å². The van der Waals surface area contributed by atoms with Crippen molar-refractivity contribution in [3.8, 4) is 5.75 Å². The maximum Gasteiger partial charge on any atom is 0.255 e. The van der Waals surface area contributed by atoms with Gasteiger partial charge in [0.05, 0.1) is 24.5 Å². The molecule has 1 fully saturated rings. The van der Waals surface area contributed by atoms with Crippen LogP contribution < -0.4 is 5.73 Å². The van der Waals surface area contributed by atoms with Crippen LogP contribution >= 0.6 is 0 Å². The lowest BCUT2D eigenvalue weighted by Crippen LogP contribution is -2.65. The summed E-state index contributed by atoms with van der Waals surface area (Å²) in [7, 11) is 3.01. The summed E-state index contributed by atoms with van der Waals surface area (Å²) in [4.78, 5) is 44.2. The third kappa shape index (κ3) is 3.32. The van der Waals surface area contributed by atoms with Gasteiger partial charge in [0.1, 0.15) is 28.7 Å². The van der Waals surface area contributed by atoms with E-state index in [4.69, 9.17) is 5.73 Å². The van der Waals surface area contributed by atoms with Gasteiger partial charge in [0, 0.05) is 35.0 Å². The molecule has 0 aliphatic heterocycles. The van der Waals surface area contributed by atoms with Crippen molar-refractivity contribution in [2.75, 3.05) is 14.1 Å². The van der Waals surface area contributed by atoms with Gasteiger partial charge in [-0.2, -0.15) is 0 Å². The Balaban J connectivity index is 1.69. The minimum atomic E-state index is -2.74. The number of nitrogens with zero attached hydrogens (tertiary/aromatic N) is 3. The molecule has 1 aromatic heterocycles. The molecule has 1 aromatic carbocycles. The van der Waals surface area contributed by atoms with E-state index in [2.05, 4.69) is 4.98 Å². The average molecular weight is 512 g/mol. The van der Waals surface area contributed by atoms with E-state index in [1.54, 1.807) is 10.8 Å². The number of Topliss-reactive ketones (excluding diaryl/α,β-unsaturated/α-hetero) is 2. The highest BCUT2D eigenvalue weighted by Gasteiger charge is 2.64. The number of carbonyl (C=O) groups excluding carboxylic acids is 3. The molecule has 11 nitrogen and oxygen atoms in total. The Morgan fingerprint density at radius 3 is 2.59 bits per heavy atom. The zero-order valence-electron chi connectivity index (χ0n) is 20.0. The molecule has 12 heteroatoms. The summed E-state index contributed by atoms with van der Waals surface area (Å²) in [5, 5.41) is 44.2. The quantitative estimate of drug-likeness (QED) is 0.361. The van der Waals surface area contributed by atoms with Crippen LogP contribution in [0.5, 0.6) is 5.75 Å². The Hall–Kier alpha value is -4.03. The number of aliphatic hydroxyl groups excluding tert-OH is 2. The molecule has 6 N–H and O–H groups in total. The highest BCUT2D eigenvalue weighted by atomic mass is 19.1. The van der Waals surface area contributed by atoms with Gasteiger partial charge in [0.15, 0.2) is 11.4 Å². The maximum absolute atomic E-state index is 15.7. The molecule has 0 bridgehead atoms. The number of hydrogen-bond acceptors (Lipinski definition) is 9. The first-order valence-electron chi connectivity index (χ1n) is 11.5. The second kappa shape index (κ2) is 8.25. The van der Waals surface area contributed by atoms with E-state index >= 15 is 4.39 Å². The number of phenols is 1. The number of ketones is 2. The van der Waals surface area contributed by atoms with Crippen LogP contribution in [0.25, 0.3) is 5.76 Å². The molecule has 1 saturated carbocycles. The topological polar surface area (TPSA) is 179 Å². The van der Waals surface area contributed by atoms with Gasteiger partial charge in [0.2, 0.25) is 5.78 Å². The molecule has 3 aliphatic carbocycles. The molecule has 3 aliphatic rings. The van der Waals surface area contributed by atoms with Gasteiger partial charge in [0.25, 0.3) is 5.91 Å². The Morgan fingerprint density at radius 2 is 2.00 bits per heavy atom. The molecule has 2 aromatic rings. The molecule has 0 spiro atoms. The van der Waals surface area contributed by atoms with Crippen molar-refractivity contribution in [1.82, 2.24) is 14.5 Å². The van der Waals surface area contributed by atoms with E-state index in [0.717, 1.165) is 6.07 Å². The SMILES string of the molecule is CN(C)[C@@H]1C(=O)C(C(N)=O)=C(O)[C@@]2(O)C(=O)C3=C(O)c4c(O)cc(Cn5ccnc5)c(F)c4C[C@H]3C[C@@H]12. The number of imidazole rings is 1. The van der Waals surface area contributed by atoms with Crippen molar-refractivity contribution in [1.29, 1.82) is 0 Å². The van der Waals surface area contributed by atoms with Crippen LogP contribution in [-0.4, -0.2) is 78.1 Å². The molecule has 1 heterocycles. The van der Waals surface area contributed by atoms with Crippen molar-refractivity contribution in [2.24, 2.45) is 17.6 Å². The van der Waals surface area contributed by atoms with Crippen LogP contribution in [0.1, 0.15) is 23.1 Å². The second-order valence-corrected chi connectivity index (χ2v) is 9.92. The Bertz CT molecular complexity index is 1430. The molecule has 194 valence electrons. The Kier molecular flexibility index (Phi) is 5.50. The minimum absolute atomic E-state index is 0.0132. The number of nitrogens with two attached hydrogens (primary N) is 1. The number of fused-ring (bicyclic) bond motifs is 3. The third-order valence-corrected chi connectivity index (χ3v) is 7.64. The monoisotopic (exact) mass is 512 g/mol. The highest BCUT2D eigenvalue weighted by molar-refractivity contribution is 6.24. The van der Waals surface area contributed by atoms with Crippen LogP contribution in [0.2, 0.25) is 0 Å². The highest BCUT2D eigenvalue weighted by Crippen LogP contribution is 2.53. The average Bonchev–Trinajstić information content (AvgIpc) is 3.32. The second-order valence-electron chi connectivity index (χ2n) is 9.92. The van der Waals surface area contributed by atoms with Crippen LogP contribution in [-0.2, 0) is 27.3 Å². The van der Waals surface area contributed by atoms with E-state index < -0.39 is 69.6 Å². The molecule has 0 radical (unpaired) electrons. The number of rotatable bonds is 4. The predicted molar refractivity (Wildman–Crippen MR) is 126 cm³/mol. The third-order valence-electron chi connectivity index (χ3n) is 7.64. The van der Waals surface area contributed by atoms with Crippen molar-refractivity contribution in [2.45, 2.75) is 31.0 Å². The zero-order chi connectivity index (χ0) is 27.0. The fourth-order valence-corrected chi connectivity index (χ4v) is 6.04. The maximum atomic E-state index is 15.7. The van der Waals surface area contributed by atoms with Gasteiger partial charge in [-0.3, -0.25) is 19.3 Å². The fraction of sp³-hybridized carbons (Fsp3) is 0.360. The smallest absolute Gasteiger partial charge is 0.255 e. The van der Waals surface area contributed by atoms with Gasteiger partial charge in [-0.15, -0.1) is 0 Å². The molecule has 1 amide bonds. The number of aromatic nitrogens is 2. The van der Waals surface area contributed by atoms with E-state index in [1.807, 2.05) is 0 Å². The van der Waals surface area contributed by atoms with E-state index in [1.165, 1.54) is 31.5 Å². The number of carbonyl (C=O) groups is 3. The van der Waals surface area contributed by atoms with E-state index in [0.29, 0.717) is 0 Å². The number of aromatic hydroxyl groups is 1. The van der Waals surface area contributed by atoms with E-state index in [9.17, 15) is 34.8 Å². The summed E-state index contributed by atoms with van der Waals surface area (Å²) in [6, 6.07) is -0.0664. The Labute approximate surface area is 209 Å². The minimum Gasteiger partial charge on any atom is -0.508 e. The number of halogens is 1. The number of phenolic OH excluding ortho intramolecular Hbond substituents is 1. The van der Waals surface area contributed by atoms with Crippen LogP contribution in [0, 0.1) is 17.7 Å². The lowest BCUT2D eigenvalue weighted by molar-refractivity contribution is -0.153. The predicted octanol–water partition coefficient (Wildman–Crippen LogP) is 0.348. The van der Waals surface area contributed by atoms with Gasteiger partial charge in [-0.05, 0) is 38.9 Å². The number of amides is 1. The molecular weight excluding hydrogens is 487 g/mol. The molecule has 0 saturated heterocycles. The lowest BCUT2D eigenvalue weighted by atomic mass is 9.57. The number of benzene rings is 1. The summed E-state index contributed by atoms with van der Waals surface area (Å²) in [6.45, 7) is 0.0573. The first kappa shape index (κ1) is 24.7. The zero-order valence-corrected chi connectivity index (χ0v) is 20.0. The van der Waals surface area contributed by atoms with Crippen molar-refractivity contribution in [3.05, 3.63) is 64.2 Å². The summed E-state index contributed by atoms with van der Waals surface area (Å²) in [5.41, 5.74) is 1.18. The van der Waals surface area contributed by atoms with Crippen LogP contribution in [0.15, 0.2) is 41.7 Å². The van der Waals surface area contributed by atoms with Crippen molar-refractivity contribution in [3.63, 3.8) is 0 Å². The Morgan fingerprint density at radius 1 is 1.30 bits per heavy atom. The number of likely N-dealkylation sites (N-methyl/N-ethyl adjacent to an activating group) is 1. The van der Waals surface area contributed by atoms with Crippen molar-refractivity contribution >= 4 is 23.2 Å². The summed E-state index contributed by atoms with van der Waals surface area (Å²) in [6.07, 6.45) is 4.39. The number of hydrogen-bond donors (Lipinski definition) is 5. The lowest BCUT2D eigenvalue weighted by Gasteiger charge is -2.50. The molecule has 0 unspecified atom stereocenters. The van der Waals surface area contributed by atoms with Gasteiger partial charge >= 0.3 is 0 Å². The molecular formula is C25H25FN4O7. The summed E-state index contributed by atoms with van der Waals surface area (Å²) >= 11 is 0. The van der Waals surface area contributed by atoms with Crippen LogP contribution in [0.4, 0.5) is 4.39 Å². The fourth-order valence-electron chi connectivity index (χ4n) is 6.04. The van der Waals surface area contributed by atoms with Crippen LogP contribution in [0.3, 0.4) is 0 Å². The summed E-state index contributed by atoms with van der Waals surface area (Å²) < 4.78 is 17.3. The molecule has 4 atom stereocenters. The normalized spacial score (nSPS) is 27.3. The van der Waals surface area contributed by atoms with Gasteiger partial charge in [-0.25, -0.2) is 9.37 Å². The summed E-state index contributed by atoms with van der Waals surface area (Å²) in [5.74, 6) is -8.43. The van der Waals surface area contributed by atoms with Gasteiger partial charge < -0.3 is 30.7 Å². The molecule has 37 heavy (non-hydrogen) atoms. The van der Waals surface area contributed by atoms with Gasteiger partial charge in [-0.1, -0.05) is 0 Å². The first-order valence-corrected chi connectivity index (χ1v) is 11.5. The molecule has 5 rings (SSSR count).